The van der Waals surface area contributed by atoms with Crippen LogP contribution in [0.25, 0.3) is 10.8 Å². The number of fused-ring (bicyclic) bond motifs is 1. The van der Waals surface area contributed by atoms with Crippen molar-refractivity contribution in [1.29, 1.82) is 0 Å². The van der Waals surface area contributed by atoms with Crippen molar-refractivity contribution in [1.82, 2.24) is 0 Å². The van der Waals surface area contributed by atoms with Crippen LogP contribution in [0.2, 0.25) is 19.6 Å². The molecule has 0 aliphatic heterocycles. The molecule has 8 heteroatoms. The Morgan fingerprint density at radius 3 is 1.28 bits per heavy atom. The van der Waals surface area contributed by atoms with Gasteiger partial charge in [-0.05, 0) is 194 Å². The van der Waals surface area contributed by atoms with Crippen molar-refractivity contribution in [2.24, 2.45) is 22.7 Å². The largest absolute Gasteiger partial charge is 0.461 e. The van der Waals surface area contributed by atoms with Crippen LogP contribution in [-0.4, -0.2) is 38.4 Å². The Labute approximate surface area is 564 Å². The van der Waals surface area contributed by atoms with Gasteiger partial charge in [-0.25, -0.2) is 0 Å². The molecule has 0 heterocycles. The summed E-state index contributed by atoms with van der Waals surface area (Å²) in [4.78, 5) is 23.1. The topological polar surface area (TPSA) is 52.6 Å². The minimum absolute atomic E-state index is 0.0309. The minimum atomic E-state index is -4.49. The summed E-state index contributed by atoms with van der Waals surface area (Å²) in [5.41, 5.74) is 11.2. The van der Waals surface area contributed by atoms with Crippen molar-refractivity contribution >= 4 is 30.8 Å². The normalized spacial score (nSPS) is 14.9. The lowest BCUT2D eigenvalue weighted by Crippen LogP contribution is -2.36. The van der Waals surface area contributed by atoms with E-state index in [1.807, 2.05) is 20.8 Å². The summed E-state index contributed by atoms with van der Waals surface area (Å²) in [6.45, 7) is 59.3. The Hall–Kier alpha value is -4.69. The molecule has 1 fully saturated rings. The van der Waals surface area contributed by atoms with E-state index >= 15 is 0 Å². The van der Waals surface area contributed by atoms with E-state index in [0.717, 1.165) is 19.3 Å². The quantitative estimate of drug-likeness (QED) is 0.0611. The molecular formula is C84H135F3O4Si. The number of hydrogen-bond acceptors (Lipinski definition) is 4. The van der Waals surface area contributed by atoms with E-state index in [4.69, 9.17) is 4.74 Å². The minimum Gasteiger partial charge on any atom is -0.461 e. The first-order chi connectivity index (χ1) is 42.4. The molecule has 0 bridgehead atoms. The molecule has 0 amide bonds. The lowest BCUT2D eigenvalue weighted by molar-refractivity contribution is -0.221. The highest BCUT2D eigenvalue weighted by atomic mass is 28.3. The highest BCUT2D eigenvalue weighted by molar-refractivity contribution is 6.75. The summed E-state index contributed by atoms with van der Waals surface area (Å²) in [7, 11) is -0.951. The summed E-state index contributed by atoms with van der Waals surface area (Å²) in [6, 6.07) is 42.4. The predicted molar refractivity (Wildman–Crippen MR) is 398 cm³/mol. The molecule has 0 N–H and O–H groups in total. The molecule has 1 aliphatic carbocycles. The second-order valence-electron chi connectivity index (χ2n) is 32.1. The Bertz CT molecular complexity index is 2810. The molecule has 5 unspecified atom stereocenters. The highest BCUT2D eigenvalue weighted by Crippen LogP contribution is 2.36. The van der Waals surface area contributed by atoms with Crippen molar-refractivity contribution in [3.63, 3.8) is 0 Å². The van der Waals surface area contributed by atoms with Crippen LogP contribution >= 0.6 is 0 Å². The van der Waals surface area contributed by atoms with Gasteiger partial charge in [0.25, 0.3) is 0 Å². The van der Waals surface area contributed by atoms with Gasteiger partial charge in [-0.1, -0.05) is 292 Å². The molecule has 0 saturated heterocycles. The first kappa shape index (κ1) is 85.3. The van der Waals surface area contributed by atoms with E-state index < -0.39 is 31.7 Å². The zero-order valence-electron chi connectivity index (χ0n) is 63.8. The summed E-state index contributed by atoms with van der Waals surface area (Å²) in [6.07, 6.45) is 6.75. The van der Waals surface area contributed by atoms with E-state index in [2.05, 4.69) is 258 Å². The maximum Gasteiger partial charge on any atom is 0.425 e. The van der Waals surface area contributed by atoms with Gasteiger partial charge in [-0.3, -0.25) is 9.59 Å². The molecule has 5 aromatic carbocycles. The van der Waals surface area contributed by atoms with E-state index in [1.165, 1.54) is 114 Å². The molecule has 5 atom stereocenters. The summed E-state index contributed by atoms with van der Waals surface area (Å²) < 4.78 is 46.0. The van der Waals surface area contributed by atoms with Crippen molar-refractivity contribution in [2.45, 2.75) is 328 Å². The van der Waals surface area contributed by atoms with Gasteiger partial charge in [0.1, 0.15) is 6.10 Å². The van der Waals surface area contributed by atoms with Crippen LogP contribution in [0.1, 0.15) is 318 Å². The standard InChI is InChI=1S/C18H30.C16H24.C14H24Si.C14H16.C13H26O2.C9H15F3O2/c1-9-13(2)14-10-15(17(3,4)5)12-16(11-14)18(6,7)8;1-3-13(2)14-9-11-16(12-10-14)15-7-5-4-6-8-15;1-6-12(2)14-9-7-13(8-10-14)11-15(3,4)5;1-3-11(2)13-10-6-8-12-7-4-5-9-14(12)13;1-8-13(6,7)12(14)15-11(9(2)3)10(4)5;1-5-8(3,4)7(13)14-6(2)9(10,11)12/h10-13H,9H2,1-8H3;9-13,15H,3-8H2,1-2H3;7-10,12H,6,11H2,1-5H3;4-11H,3H2,1-2H3;9-11H,8H2,1-7H3;6H,5H2,1-4H3. The first-order valence-electron chi connectivity index (χ1n) is 35.8. The van der Waals surface area contributed by atoms with Crippen molar-refractivity contribution in [3.05, 3.63) is 154 Å². The average molecular weight is 1290 g/mol. The Morgan fingerprint density at radius 1 is 0.489 bits per heavy atom. The van der Waals surface area contributed by atoms with Gasteiger partial charge in [0.2, 0.25) is 0 Å². The second-order valence-corrected chi connectivity index (χ2v) is 37.5. The number of alkyl halides is 3. The Morgan fingerprint density at radius 2 is 0.891 bits per heavy atom. The highest BCUT2D eigenvalue weighted by Gasteiger charge is 2.41. The fourth-order valence-corrected chi connectivity index (χ4v) is 12.0. The lowest BCUT2D eigenvalue weighted by atomic mass is 9.78. The summed E-state index contributed by atoms with van der Waals surface area (Å²) in [5.74, 6) is 3.42. The van der Waals surface area contributed by atoms with E-state index in [0.29, 0.717) is 41.9 Å². The van der Waals surface area contributed by atoms with Crippen LogP contribution in [0.15, 0.2) is 109 Å². The van der Waals surface area contributed by atoms with E-state index in [1.54, 1.807) is 26.3 Å². The number of hydrogen-bond donors (Lipinski definition) is 0. The second kappa shape index (κ2) is 39.4. The van der Waals surface area contributed by atoms with Gasteiger partial charge < -0.3 is 9.47 Å². The monoisotopic (exact) mass is 1290 g/mol. The van der Waals surface area contributed by atoms with Crippen molar-refractivity contribution < 1.29 is 32.2 Å². The first-order valence-corrected chi connectivity index (χ1v) is 39.5. The third-order valence-electron chi connectivity index (χ3n) is 19.1. The van der Waals surface area contributed by atoms with Crippen molar-refractivity contribution in [2.75, 3.05) is 0 Å². The molecule has 0 spiro atoms. The molecule has 5 aromatic rings. The van der Waals surface area contributed by atoms with Gasteiger partial charge in [0, 0.05) is 8.07 Å². The fraction of sp³-hybridized carbons (Fsp3) is 0.643. The molecule has 4 nitrogen and oxygen atoms in total. The molecule has 1 aliphatic rings. The fourth-order valence-electron chi connectivity index (χ4n) is 10.5. The molecule has 1 saturated carbocycles. The molecular weight excluding hydrogens is 1160 g/mol. The Balaban J connectivity index is 0.000000553. The van der Waals surface area contributed by atoms with Gasteiger partial charge in [-0.2, -0.15) is 13.2 Å². The summed E-state index contributed by atoms with van der Waals surface area (Å²) >= 11 is 0. The molecule has 520 valence electrons. The smallest absolute Gasteiger partial charge is 0.425 e. The van der Waals surface area contributed by atoms with Crippen LogP contribution in [-0.2, 0) is 35.9 Å². The number of halogens is 3. The number of esters is 2. The van der Waals surface area contributed by atoms with Gasteiger partial charge in [0.15, 0.2) is 6.10 Å². The number of ether oxygens (including phenoxy) is 2. The third-order valence-corrected chi connectivity index (χ3v) is 20.6. The average Bonchev–Trinajstić information content (AvgIpc) is 0.824. The lowest BCUT2D eigenvalue weighted by Gasteiger charge is -2.29. The van der Waals surface area contributed by atoms with Crippen LogP contribution in [0, 0.1) is 22.7 Å². The van der Waals surface area contributed by atoms with E-state index in [-0.39, 0.29) is 28.3 Å². The maximum absolute atomic E-state index is 12.0. The maximum atomic E-state index is 12.0. The zero-order valence-corrected chi connectivity index (χ0v) is 64.8. The van der Waals surface area contributed by atoms with Crippen LogP contribution in [0.5, 0.6) is 0 Å². The number of carbonyl (C=O) groups excluding carboxylic acids is 2. The van der Waals surface area contributed by atoms with Crippen LogP contribution < -0.4 is 0 Å². The Kier molecular flexibility index (Phi) is 36.5. The van der Waals surface area contributed by atoms with Crippen LogP contribution in [0.3, 0.4) is 0 Å². The number of rotatable bonds is 19. The predicted octanol–water partition coefficient (Wildman–Crippen LogP) is 26.6. The molecule has 0 aromatic heterocycles. The van der Waals surface area contributed by atoms with Crippen LogP contribution in [0.4, 0.5) is 13.2 Å². The van der Waals surface area contributed by atoms with Gasteiger partial charge >= 0.3 is 18.1 Å². The van der Waals surface area contributed by atoms with Crippen molar-refractivity contribution in [3.8, 4) is 0 Å². The molecule has 6 rings (SSSR count). The zero-order chi connectivity index (χ0) is 70.8. The third kappa shape index (κ3) is 30.4. The number of carbonyl (C=O) groups is 2. The molecule has 92 heavy (non-hydrogen) atoms. The SMILES string of the molecule is CCC(C)(C)C(=O)OC(C(C)C)C(C)C.CCC(C)(C)C(=O)OC(C)C(F)(F)F.CCC(C)c1cc(C(C)(C)C)cc(C(C)(C)C)c1.CCC(C)c1ccc(C2CCCCC2)cc1.CCC(C)c1ccc(C[Si](C)(C)C)cc1.CCC(C)c1cccc2ccccc12. The van der Waals surface area contributed by atoms with E-state index in [9.17, 15) is 22.8 Å². The van der Waals surface area contributed by atoms with Gasteiger partial charge in [0.05, 0.1) is 10.8 Å². The summed E-state index contributed by atoms with van der Waals surface area (Å²) in [5, 5.41) is 2.76. The van der Waals surface area contributed by atoms with Gasteiger partial charge in [-0.15, -0.1) is 0 Å². The number of benzene rings is 5. The molecule has 0 radical (unpaired) electrons.